The number of nitrogens with zero attached hydrogens (tertiary/aromatic N) is 2. The number of fused-ring (bicyclic) bond motifs is 2. The van der Waals surface area contributed by atoms with Gasteiger partial charge in [-0.1, -0.05) is 0 Å². The molecule has 0 aromatic rings. The summed E-state index contributed by atoms with van der Waals surface area (Å²) in [7, 11) is 0. The van der Waals surface area contributed by atoms with Crippen LogP contribution in [-0.2, 0) is 4.74 Å². The van der Waals surface area contributed by atoms with Crippen LogP contribution in [0.2, 0.25) is 0 Å². The third kappa shape index (κ3) is 1.75. The first kappa shape index (κ1) is 12.8. The quantitative estimate of drug-likeness (QED) is 0.620. The molecule has 0 radical (unpaired) electrons. The first-order valence-corrected chi connectivity index (χ1v) is 7.74. The zero-order valence-corrected chi connectivity index (χ0v) is 12.3. The van der Waals surface area contributed by atoms with Crippen LogP contribution in [0.5, 0.6) is 0 Å². The highest BCUT2D eigenvalue weighted by Gasteiger charge is 2.31. The lowest BCUT2D eigenvalue weighted by Gasteiger charge is -2.21. The number of aromatic nitrogens is 2. The highest BCUT2D eigenvalue weighted by atomic mass is 16.5. The maximum atomic E-state index is 13.0. The number of anilines is 2. The van der Waals surface area contributed by atoms with Crippen LogP contribution >= 0.6 is 0 Å². The standard InChI is InChI=1S/C15H16N6O2/c22-15-13-10(20-21(15)8-3-5-23-6-4-8)2-1-9-12-11(7-16-17-9)18-19-14(12)13/h1-2,7-8,16-19H,3-6H2. The summed E-state index contributed by atoms with van der Waals surface area (Å²) >= 11 is 0. The third-order valence-electron chi connectivity index (χ3n) is 4.62. The van der Waals surface area contributed by atoms with Crippen LogP contribution in [0.25, 0.3) is 17.0 Å². The van der Waals surface area contributed by atoms with E-state index in [4.69, 9.17) is 4.74 Å². The number of rotatable bonds is 1. The van der Waals surface area contributed by atoms with E-state index in [0.717, 1.165) is 35.5 Å². The number of nitrogens with one attached hydrogen (secondary N) is 4. The van der Waals surface area contributed by atoms with Crippen molar-refractivity contribution >= 4 is 17.1 Å². The van der Waals surface area contributed by atoms with Gasteiger partial charge in [-0.15, -0.1) is 0 Å². The smallest absolute Gasteiger partial charge is 0.278 e. The van der Waals surface area contributed by atoms with Gasteiger partial charge >= 0.3 is 0 Å². The summed E-state index contributed by atoms with van der Waals surface area (Å²) in [5.41, 5.74) is 17.1. The van der Waals surface area contributed by atoms with Crippen LogP contribution in [-0.4, -0.2) is 23.0 Å². The number of hydrogen-bond acceptors (Lipinski definition) is 7. The molecule has 0 saturated carbocycles. The second kappa shape index (κ2) is 4.63. The van der Waals surface area contributed by atoms with Crippen LogP contribution < -0.4 is 27.3 Å². The van der Waals surface area contributed by atoms with E-state index in [0.29, 0.717) is 24.5 Å². The molecule has 1 saturated heterocycles. The molecule has 1 fully saturated rings. The summed E-state index contributed by atoms with van der Waals surface area (Å²) in [6, 6.07) is 3.94. The lowest BCUT2D eigenvalue weighted by atomic mass is 10.1. The molecule has 0 unspecified atom stereocenters. The summed E-state index contributed by atoms with van der Waals surface area (Å²) < 4.78 is 7.02. The summed E-state index contributed by atoms with van der Waals surface area (Å²) in [6.07, 6.45) is 3.47. The SMILES string of the molecule is O=c1c2c3c4c(ccc-2nn1C1CCOCC1)NNC=C4NN3. The van der Waals surface area contributed by atoms with E-state index >= 15 is 0 Å². The van der Waals surface area contributed by atoms with Crippen LogP contribution in [0.3, 0.4) is 0 Å². The van der Waals surface area contributed by atoms with Crippen LogP contribution in [0.15, 0.2) is 23.1 Å². The predicted molar refractivity (Wildman–Crippen MR) is 85.7 cm³/mol. The monoisotopic (exact) mass is 312 g/mol. The molecule has 0 aromatic heterocycles. The summed E-state index contributed by atoms with van der Waals surface area (Å²) in [5, 5.41) is 4.59. The fraction of sp³-hybridized carbons (Fsp3) is 0.333. The fourth-order valence-corrected chi connectivity index (χ4v) is 3.47. The Morgan fingerprint density at radius 2 is 2.00 bits per heavy atom. The molecule has 0 spiro atoms. The fourth-order valence-electron chi connectivity index (χ4n) is 3.47. The van der Waals surface area contributed by atoms with Gasteiger partial charge in [0.25, 0.3) is 5.56 Å². The topological polar surface area (TPSA) is 92.2 Å². The van der Waals surface area contributed by atoms with E-state index in [1.54, 1.807) is 4.68 Å². The molecule has 5 rings (SSSR count). The first-order valence-electron chi connectivity index (χ1n) is 7.74. The van der Waals surface area contributed by atoms with Crippen molar-refractivity contribution < 1.29 is 4.74 Å². The van der Waals surface area contributed by atoms with Crippen molar-refractivity contribution in [2.75, 3.05) is 24.1 Å². The molecule has 23 heavy (non-hydrogen) atoms. The Hall–Kier alpha value is -2.74. The summed E-state index contributed by atoms with van der Waals surface area (Å²) in [4.78, 5) is 13.0. The maximum Gasteiger partial charge on any atom is 0.278 e. The van der Waals surface area contributed by atoms with Crippen molar-refractivity contribution in [2.45, 2.75) is 18.9 Å². The average Bonchev–Trinajstić information content (AvgIpc) is 3.10. The van der Waals surface area contributed by atoms with Gasteiger partial charge in [0.2, 0.25) is 0 Å². The molecule has 118 valence electrons. The molecule has 1 aliphatic carbocycles. The second-order valence-corrected chi connectivity index (χ2v) is 5.93. The number of ether oxygens (including phenoxy) is 1. The molecule has 5 aliphatic rings. The van der Waals surface area contributed by atoms with Crippen molar-refractivity contribution in [3.8, 4) is 11.3 Å². The molecule has 8 nitrogen and oxygen atoms in total. The zero-order chi connectivity index (χ0) is 15.4. The van der Waals surface area contributed by atoms with E-state index in [1.165, 1.54) is 0 Å². The van der Waals surface area contributed by atoms with Crippen molar-refractivity contribution in [3.05, 3.63) is 34.2 Å². The van der Waals surface area contributed by atoms with Gasteiger partial charge in [-0.05, 0) is 25.0 Å². The zero-order valence-electron chi connectivity index (χ0n) is 12.3. The van der Waals surface area contributed by atoms with Crippen LogP contribution in [0, 0.1) is 0 Å². The molecule has 4 N–H and O–H groups in total. The lowest BCUT2D eigenvalue weighted by molar-refractivity contribution is 0.0655. The summed E-state index contributed by atoms with van der Waals surface area (Å²) in [6.45, 7) is 1.36. The van der Waals surface area contributed by atoms with Gasteiger partial charge in [-0.2, -0.15) is 5.10 Å². The minimum absolute atomic E-state index is 0.0469. The Labute approximate surface area is 131 Å². The predicted octanol–water partition coefficient (Wildman–Crippen LogP) is 0.858. The normalized spacial score (nSPS) is 19.2. The van der Waals surface area contributed by atoms with E-state index in [-0.39, 0.29) is 11.6 Å². The van der Waals surface area contributed by atoms with Gasteiger partial charge in [-0.3, -0.25) is 15.6 Å². The maximum absolute atomic E-state index is 13.0. The van der Waals surface area contributed by atoms with Gasteiger partial charge in [0.15, 0.2) is 0 Å². The van der Waals surface area contributed by atoms with Crippen molar-refractivity contribution in [3.63, 3.8) is 0 Å². The molecule has 0 amide bonds. The molecule has 0 bridgehead atoms. The Balaban J connectivity index is 1.75. The Kier molecular flexibility index (Phi) is 2.57. The molecule has 4 aliphatic heterocycles. The van der Waals surface area contributed by atoms with Gasteiger partial charge < -0.3 is 15.6 Å². The highest BCUT2D eigenvalue weighted by molar-refractivity contribution is 5.96. The van der Waals surface area contributed by atoms with Gasteiger partial charge in [0, 0.05) is 19.4 Å². The number of hydrogen-bond donors (Lipinski definition) is 4. The second-order valence-electron chi connectivity index (χ2n) is 5.93. The van der Waals surface area contributed by atoms with Gasteiger partial charge in [0.1, 0.15) is 0 Å². The molecular formula is C15H16N6O2. The van der Waals surface area contributed by atoms with E-state index in [9.17, 15) is 4.79 Å². The average molecular weight is 312 g/mol. The van der Waals surface area contributed by atoms with Crippen molar-refractivity contribution in [1.29, 1.82) is 0 Å². The van der Waals surface area contributed by atoms with E-state index < -0.39 is 0 Å². The van der Waals surface area contributed by atoms with Crippen LogP contribution in [0.1, 0.15) is 24.4 Å². The molecule has 8 heteroatoms. The first-order chi connectivity index (χ1) is 11.3. The lowest BCUT2D eigenvalue weighted by Crippen LogP contribution is -2.27. The molecular weight excluding hydrogens is 296 g/mol. The molecule has 0 atom stereocenters. The van der Waals surface area contributed by atoms with Crippen molar-refractivity contribution in [1.82, 2.24) is 20.6 Å². The minimum atomic E-state index is -0.0469. The number of hydrazine groups is 2. The molecule has 0 aromatic carbocycles. The highest BCUT2D eigenvalue weighted by Crippen LogP contribution is 2.40. The Morgan fingerprint density at radius 1 is 1.13 bits per heavy atom. The van der Waals surface area contributed by atoms with E-state index in [1.807, 2.05) is 18.3 Å². The largest absolute Gasteiger partial charge is 0.381 e. The van der Waals surface area contributed by atoms with Crippen molar-refractivity contribution in [2.24, 2.45) is 0 Å². The molecule has 4 heterocycles. The van der Waals surface area contributed by atoms with Gasteiger partial charge in [-0.25, -0.2) is 4.68 Å². The van der Waals surface area contributed by atoms with Gasteiger partial charge in [0.05, 0.1) is 39.9 Å². The summed E-state index contributed by atoms with van der Waals surface area (Å²) in [5.74, 6) is 0. The van der Waals surface area contributed by atoms with Crippen LogP contribution in [0.4, 0.5) is 11.4 Å². The minimum Gasteiger partial charge on any atom is -0.381 e. The Bertz CT molecular complexity index is 852. The van der Waals surface area contributed by atoms with E-state index in [2.05, 4.69) is 26.8 Å². The Morgan fingerprint density at radius 3 is 2.87 bits per heavy atom. The third-order valence-corrected chi connectivity index (χ3v) is 4.62.